The third kappa shape index (κ3) is 3.16. The first-order chi connectivity index (χ1) is 21.4. The Balaban J connectivity index is 1.38. The highest BCUT2D eigenvalue weighted by molar-refractivity contribution is 6.27. The molecule has 12 heteroatoms. The van der Waals surface area contributed by atoms with Crippen LogP contribution in [0.1, 0.15) is 22.3 Å². The second-order valence-corrected chi connectivity index (χ2v) is 10.7. The van der Waals surface area contributed by atoms with Crippen LogP contribution in [-0.4, -0.2) is 39.1 Å². The van der Waals surface area contributed by atoms with Crippen LogP contribution in [0.2, 0.25) is 0 Å². The van der Waals surface area contributed by atoms with Gasteiger partial charge >= 0.3 is 5.92 Å². The fourth-order valence-corrected chi connectivity index (χ4v) is 6.19. The number of hydrogen-bond donors (Lipinski definition) is 2. The molecular weight excluding hydrogens is 572 g/mol. The molecule has 0 radical (unpaired) electrons. The summed E-state index contributed by atoms with van der Waals surface area (Å²) in [5.74, 6) is -4.04. The Labute approximate surface area is 246 Å². The molecule has 9 rings (SSSR count). The summed E-state index contributed by atoms with van der Waals surface area (Å²) in [7, 11) is 0. The van der Waals surface area contributed by atoms with E-state index < -0.39 is 23.2 Å². The monoisotopic (exact) mass is 590 g/mol. The molecule has 4 aromatic rings. The maximum absolute atomic E-state index is 17.0. The van der Waals surface area contributed by atoms with Crippen LogP contribution in [0.4, 0.5) is 29.4 Å². The average molecular weight is 591 g/mol. The van der Waals surface area contributed by atoms with Crippen LogP contribution >= 0.6 is 0 Å². The van der Waals surface area contributed by atoms with Crippen LogP contribution in [-0.2, 0) is 5.92 Å². The van der Waals surface area contributed by atoms with E-state index in [2.05, 4.69) is 30.3 Å². The van der Waals surface area contributed by atoms with Gasteiger partial charge < -0.3 is 10.3 Å². The molecule has 0 fully saturated rings. The SMILES string of the molecule is FN1C2=C3C=CC=CC3(F)/C1=N/c1[nH]c(c3ccccc13)N(F)C1=N/C(=N\C3(F)NC(=N2)c2ccccc23)c2ccccc21. The molecule has 2 unspecified atom stereocenters. The number of halogens is 4. The number of benzene rings is 3. The van der Waals surface area contributed by atoms with Crippen LogP contribution in [0.15, 0.2) is 128 Å². The summed E-state index contributed by atoms with van der Waals surface area (Å²) in [5, 5.41) is 3.80. The van der Waals surface area contributed by atoms with Gasteiger partial charge in [-0.1, -0.05) is 100.0 Å². The summed E-state index contributed by atoms with van der Waals surface area (Å²) in [5.41, 5.74) is -1.50. The minimum Gasteiger partial charge on any atom is -0.323 e. The number of aromatic nitrogens is 1. The molecule has 8 bridgehead atoms. The van der Waals surface area contributed by atoms with E-state index >= 15 is 17.7 Å². The van der Waals surface area contributed by atoms with Crippen molar-refractivity contribution in [2.75, 3.05) is 5.12 Å². The van der Waals surface area contributed by atoms with Gasteiger partial charge in [-0.25, -0.2) is 24.4 Å². The first-order valence-electron chi connectivity index (χ1n) is 13.7. The number of hydrogen-bond acceptors (Lipinski definition) is 7. The van der Waals surface area contributed by atoms with E-state index in [1.807, 2.05) is 0 Å². The van der Waals surface area contributed by atoms with Crippen molar-refractivity contribution < 1.29 is 17.7 Å². The van der Waals surface area contributed by atoms with E-state index in [9.17, 15) is 0 Å². The molecule has 0 saturated heterocycles. The van der Waals surface area contributed by atoms with E-state index in [1.165, 1.54) is 18.2 Å². The molecule has 1 aromatic heterocycles. The first-order valence-corrected chi connectivity index (χ1v) is 13.7. The number of alkyl halides is 2. The lowest BCUT2D eigenvalue weighted by Crippen LogP contribution is -2.35. The molecule has 2 atom stereocenters. The molecule has 0 saturated carbocycles. The Morgan fingerprint density at radius 3 is 2.30 bits per heavy atom. The summed E-state index contributed by atoms with van der Waals surface area (Å²) >= 11 is 0. The third-order valence-electron chi connectivity index (χ3n) is 8.23. The number of nitrogens with zero attached hydrogens (tertiary/aromatic N) is 6. The molecule has 5 aliphatic rings. The zero-order chi connectivity index (χ0) is 29.8. The predicted molar refractivity (Wildman–Crippen MR) is 159 cm³/mol. The molecule has 4 aliphatic heterocycles. The molecule has 8 nitrogen and oxygen atoms in total. The number of aliphatic imine (C=N–C) groups is 4. The van der Waals surface area contributed by atoms with Crippen molar-refractivity contribution in [3.8, 4) is 0 Å². The second-order valence-electron chi connectivity index (χ2n) is 10.7. The molecule has 44 heavy (non-hydrogen) atoms. The van der Waals surface area contributed by atoms with Crippen molar-refractivity contribution in [3.63, 3.8) is 0 Å². The Morgan fingerprint density at radius 2 is 1.45 bits per heavy atom. The topological polar surface area (TPSA) is 83.7 Å². The van der Waals surface area contributed by atoms with Crippen LogP contribution in [0.5, 0.6) is 0 Å². The third-order valence-corrected chi connectivity index (χ3v) is 8.23. The summed E-state index contributed by atoms with van der Waals surface area (Å²) < 4.78 is 66.6. The van der Waals surface area contributed by atoms with Crippen molar-refractivity contribution in [1.82, 2.24) is 15.4 Å². The number of rotatable bonds is 0. The van der Waals surface area contributed by atoms with Crippen molar-refractivity contribution in [1.29, 1.82) is 0 Å². The van der Waals surface area contributed by atoms with Crippen molar-refractivity contribution in [2.45, 2.75) is 11.6 Å². The molecule has 0 amide bonds. The van der Waals surface area contributed by atoms with Crippen LogP contribution in [0, 0.1) is 0 Å². The van der Waals surface area contributed by atoms with Crippen molar-refractivity contribution in [3.05, 3.63) is 131 Å². The first kappa shape index (κ1) is 24.8. The number of amidine groups is 4. The van der Waals surface area contributed by atoms with Gasteiger partial charge in [0.15, 0.2) is 29.1 Å². The largest absolute Gasteiger partial charge is 0.323 e. The Hall–Kier alpha value is -5.78. The Kier molecular flexibility index (Phi) is 4.73. The number of fused-ring (bicyclic) bond motifs is 18. The summed E-state index contributed by atoms with van der Waals surface area (Å²) in [4.78, 5) is 20.5. The smallest absolute Gasteiger partial charge is 0.305 e. The minimum absolute atomic E-state index is 0.0177. The normalized spacial score (nSPS) is 26.8. The van der Waals surface area contributed by atoms with Crippen LogP contribution in [0.25, 0.3) is 10.8 Å². The highest BCUT2D eigenvalue weighted by Crippen LogP contribution is 2.46. The molecular formula is C32H18F4N8. The maximum atomic E-state index is 17.0. The van der Waals surface area contributed by atoms with Crippen LogP contribution in [0.3, 0.4) is 0 Å². The van der Waals surface area contributed by atoms with E-state index in [0.717, 1.165) is 6.08 Å². The average Bonchev–Trinajstić information content (AvgIpc) is 3.73. The van der Waals surface area contributed by atoms with E-state index in [1.54, 1.807) is 72.8 Å². The lowest BCUT2D eigenvalue weighted by molar-refractivity contribution is 0.160. The quantitative estimate of drug-likeness (QED) is 0.140. The molecule has 3 aromatic carbocycles. The molecule has 2 N–H and O–H groups in total. The number of H-pyrrole nitrogens is 1. The number of anilines is 1. The van der Waals surface area contributed by atoms with Gasteiger partial charge in [-0.2, -0.15) is 4.39 Å². The summed E-state index contributed by atoms with van der Waals surface area (Å²) in [6.07, 6.45) is 5.53. The maximum Gasteiger partial charge on any atom is 0.305 e. The fourth-order valence-electron chi connectivity index (χ4n) is 6.19. The fraction of sp³-hybridized carbons (Fsp3) is 0.0625. The molecule has 5 heterocycles. The molecule has 0 spiro atoms. The highest BCUT2D eigenvalue weighted by Gasteiger charge is 2.52. The van der Waals surface area contributed by atoms with E-state index in [0.29, 0.717) is 27.0 Å². The standard InChI is InChI=1S/C32H18F4N8/c33-31-16-8-7-15-23(31)29-39-26-21-13-5-6-14-22(21)32(34,42-26)41-25-18-10-2-4-12-20(18)28(38-25)43(35)27-19-11-3-1-9-17(19)24(37-27)40-30(31)44(29)36/h1-16,37H,(H,39,42)/b40-30-,41-25-. The lowest BCUT2D eigenvalue weighted by atomic mass is 9.92. The van der Waals surface area contributed by atoms with Gasteiger partial charge in [0.1, 0.15) is 11.7 Å². The van der Waals surface area contributed by atoms with Crippen molar-refractivity contribution >= 4 is 45.8 Å². The van der Waals surface area contributed by atoms with Gasteiger partial charge in [0.25, 0.3) is 0 Å². The number of allylic oxidation sites excluding steroid dienone is 3. The second kappa shape index (κ2) is 8.40. The van der Waals surface area contributed by atoms with Gasteiger partial charge in [0, 0.05) is 38.6 Å². The van der Waals surface area contributed by atoms with Gasteiger partial charge in [-0.05, 0) is 6.08 Å². The van der Waals surface area contributed by atoms with Crippen molar-refractivity contribution in [2.24, 2.45) is 20.0 Å². The van der Waals surface area contributed by atoms with Crippen LogP contribution < -0.4 is 10.4 Å². The summed E-state index contributed by atoms with van der Waals surface area (Å²) in [6.45, 7) is 0. The molecule has 1 aliphatic carbocycles. The Morgan fingerprint density at radius 1 is 0.727 bits per heavy atom. The zero-order valence-corrected chi connectivity index (χ0v) is 22.4. The minimum atomic E-state index is -2.61. The number of nitrogens with one attached hydrogen (secondary N) is 2. The Bertz CT molecular complexity index is 2190. The van der Waals surface area contributed by atoms with E-state index in [-0.39, 0.29) is 51.0 Å². The predicted octanol–water partition coefficient (Wildman–Crippen LogP) is 6.49. The van der Waals surface area contributed by atoms with Gasteiger partial charge in [-0.3, -0.25) is 0 Å². The van der Waals surface area contributed by atoms with Gasteiger partial charge in [0.05, 0.1) is 0 Å². The highest BCUT2D eigenvalue weighted by atomic mass is 19.2. The van der Waals surface area contributed by atoms with Gasteiger partial charge in [0.2, 0.25) is 5.67 Å². The number of aromatic amines is 1. The van der Waals surface area contributed by atoms with Gasteiger partial charge in [-0.15, -0.1) is 10.2 Å². The lowest BCUT2D eigenvalue weighted by Gasteiger charge is -2.20. The summed E-state index contributed by atoms with van der Waals surface area (Å²) in [6, 6.07) is 19.9. The molecule has 214 valence electrons. The zero-order valence-electron chi connectivity index (χ0n) is 22.4. The van der Waals surface area contributed by atoms with E-state index in [4.69, 9.17) is 0 Å².